The summed E-state index contributed by atoms with van der Waals surface area (Å²) < 4.78 is 1.57. The van der Waals surface area contributed by atoms with Crippen LogP contribution in [-0.4, -0.2) is 27.4 Å². The van der Waals surface area contributed by atoms with Crippen molar-refractivity contribution in [3.8, 4) is 0 Å². The highest BCUT2D eigenvalue weighted by molar-refractivity contribution is 5.85. The summed E-state index contributed by atoms with van der Waals surface area (Å²) in [4.78, 5) is 10.6. The highest BCUT2D eigenvalue weighted by atomic mass is 16.4. The van der Waals surface area contributed by atoms with Gasteiger partial charge in [0.2, 0.25) is 0 Å². The van der Waals surface area contributed by atoms with Crippen LogP contribution in [0.5, 0.6) is 0 Å². The Hall–Kier alpha value is -1.62. The Bertz CT molecular complexity index is 358. The second-order valence-electron chi connectivity index (χ2n) is 3.20. The molecule has 0 radical (unpaired) electrons. The Labute approximate surface area is 88.4 Å². The van der Waals surface area contributed by atoms with Crippen LogP contribution in [0.1, 0.15) is 22.6 Å². The molecule has 0 spiro atoms. The lowest BCUT2D eigenvalue weighted by atomic mass is 10.3. The number of hydrogen-bond donors (Lipinski definition) is 2. The number of carbonyl (C=O) groups is 1. The molecule has 0 amide bonds. The van der Waals surface area contributed by atoms with Gasteiger partial charge in [-0.2, -0.15) is 5.10 Å². The molecule has 2 N–H and O–H groups in total. The summed E-state index contributed by atoms with van der Waals surface area (Å²) >= 11 is 0. The van der Waals surface area contributed by atoms with Crippen molar-refractivity contribution in [3.63, 3.8) is 0 Å². The third-order valence-corrected chi connectivity index (χ3v) is 2.03. The molecule has 1 rings (SSSR count). The van der Waals surface area contributed by atoms with Crippen molar-refractivity contribution in [1.82, 2.24) is 15.1 Å². The third kappa shape index (κ3) is 3.21. The summed E-state index contributed by atoms with van der Waals surface area (Å²) in [6.07, 6.45) is 2.72. The fourth-order valence-electron chi connectivity index (χ4n) is 1.20. The normalized spacial score (nSPS) is 10.2. The Morgan fingerprint density at radius 3 is 3.07 bits per heavy atom. The predicted molar refractivity (Wildman–Crippen MR) is 56.7 cm³/mol. The third-order valence-electron chi connectivity index (χ3n) is 2.03. The first kappa shape index (κ1) is 11.5. The van der Waals surface area contributed by atoms with E-state index in [4.69, 9.17) is 5.11 Å². The van der Waals surface area contributed by atoms with Gasteiger partial charge in [-0.25, -0.2) is 4.79 Å². The summed E-state index contributed by atoms with van der Waals surface area (Å²) in [5, 5.41) is 15.8. The fraction of sp³-hybridized carbons (Fsp3) is 0.400. The summed E-state index contributed by atoms with van der Waals surface area (Å²) in [5.74, 6) is -0.997. The average molecular weight is 209 g/mol. The molecule has 1 aromatic heterocycles. The maximum atomic E-state index is 10.6. The van der Waals surface area contributed by atoms with E-state index in [-0.39, 0.29) is 5.69 Å². The van der Waals surface area contributed by atoms with Gasteiger partial charge in [0.25, 0.3) is 0 Å². The lowest BCUT2D eigenvalue weighted by Gasteiger charge is -2.02. The number of carboxylic acid groups (broad SMARTS) is 1. The predicted octanol–water partition coefficient (Wildman–Crippen LogP) is 0.784. The van der Waals surface area contributed by atoms with Crippen LogP contribution in [0.3, 0.4) is 0 Å². The van der Waals surface area contributed by atoms with Crippen LogP contribution in [0, 0.1) is 0 Å². The molecule has 5 nitrogen and oxygen atoms in total. The largest absolute Gasteiger partial charge is 0.476 e. The molecule has 5 heteroatoms. The molecule has 0 aliphatic carbocycles. The van der Waals surface area contributed by atoms with Crippen molar-refractivity contribution >= 4 is 5.97 Å². The topological polar surface area (TPSA) is 67.2 Å². The first-order valence-corrected chi connectivity index (χ1v) is 4.73. The summed E-state index contributed by atoms with van der Waals surface area (Å²) in [5.41, 5.74) is 0.939. The Morgan fingerprint density at radius 1 is 1.80 bits per heavy atom. The van der Waals surface area contributed by atoms with Gasteiger partial charge in [0.1, 0.15) is 0 Å². The minimum Gasteiger partial charge on any atom is -0.476 e. The quantitative estimate of drug-likeness (QED) is 0.537. The number of nitrogens with zero attached hydrogens (tertiary/aromatic N) is 2. The lowest BCUT2D eigenvalue weighted by molar-refractivity contribution is 0.0689. The second kappa shape index (κ2) is 5.31. The summed E-state index contributed by atoms with van der Waals surface area (Å²) in [7, 11) is 1.73. The molecule has 0 aliphatic rings. The zero-order valence-corrected chi connectivity index (χ0v) is 8.73. The molecule has 0 saturated carbocycles. The molecule has 1 aromatic rings. The number of rotatable bonds is 6. The first-order valence-electron chi connectivity index (χ1n) is 4.73. The van der Waals surface area contributed by atoms with Crippen LogP contribution in [0.2, 0.25) is 0 Å². The van der Waals surface area contributed by atoms with Gasteiger partial charge in [-0.15, -0.1) is 6.58 Å². The van der Waals surface area contributed by atoms with Gasteiger partial charge in [-0.05, 0) is 19.0 Å². The van der Waals surface area contributed by atoms with E-state index in [1.807, 2.05) is 6.08 Å². The van der Waals surface area contributed by atoms with Crippen molar-refractivity contribution in [2.24, 2.45) is 7.05 Å². The van der Waals surface area contributed by atoms with E-state index < -0.39 is 5.97 Å². The van der Waals surface area contributed by atoms with Gasteiger partial charge >= 0.3 is 5.97 Å². The number of carboxylic acids is 1. The molecular formula is C10H15N3O2. The average Bonchev–Trinajstić information content (AvgIpc) is 2.55. The van der Waals surface area contributed by atoms with Crippen LogP contribution in [-0.2, 0) is 13.6 Å². The molecule has 82 valence electrons. The van der Waals surface area contributed by atoms with Crippen molar-refractivity contribution in [1.29, 1.82) is 0 Å². The van der Waals surface area contributed by atoms with Crippen molar-refractivity contribution in [2.45, 2.75) is 13.0 Å². The zero-order chi connectivity index (χ0) is 11.3. The summed E-state index contributed by atoms with van der Waals surface area (Å²) in [6.45, 7) is 5.06. The number of hydrogen-bond acceptors (Lipinski definition) is 3. The summed E-state index contributed by atoms with van der Waals surface area (Å²) in [6, 6.07) is 1.57. The second-order valence-corrected chi connectivity index (χ2v) is 3.20. The van der Waals surface area contributed by atoms with Crippen LogP contribution in [0.25, 0.3) is 0 Å². The van der Waals surface area contributed by atoms with E-state index in [2.05, 4.69) is 17.0 Å². The number of aromatic nitrogens is 2. The van der Waals surface area contributed by atoms with Crippen LogP contribution in [0.4, 0.5) is 0 Å². The van der Waals surface area contributed by atoms with E-state index in [9.17, 15) is 4.79 Å². The number of nitrogens with one attached hydrogen (secondary N) is 1. The molecule has 0 fully saturated rings. The van der Waals surface area contributed by atoms with Gasteiger partial charge in [0.15, 0.2) is 5.69 Å². The van der Waals surface area contributed by atoms with Crippen molar-refractivity contribution < 1.29 is 9.90 Å². The zero-order valence-electron chi connectivity index (χ0n) is 8.73. The van der Waals surface area contributed by atoms with E-state index in [0.29, 0.717) is 6.54 Å². The van der Waals surface area contributed by atoms with Gasteiger partial charge in [0.05, 0.1) is 5.69 Å². The fourth-order valence-corrected chi connectivity index (χ4v) is 1.20. The van der Waals surface area contributed by atoms with E-state index in [0.717, 1.165) is 18.7 Å². The highest BCUT2D eigenvalue weighted by Gasteiger charge is 2.10. The molecule has 15 heavy (non-hydrogen) atoms. The van der Waals surface area contributed by atoms with E-state index in [1.54, 1.807) is 17.8 Å². The molecule has 0 atom stereocenters. The van der Waals surface area contributed by atoms with Crippen molar-refractivity contribution in [2.75, 3.05) is 6.54 Å². The maximum absolute atomic E-state index is 10.6. The Balaban J connectivity index is 2.53. The molecule has 0 saturated heterocycles. The SMILES string of the molecule is C=CCCNCc1cc(C(=O)O)nn1C. The first-order chi connectivity index (χ1) is 7.15. The minimum absolute atomic E-state index is 0.0815. The van der Waals surface area contributed by atoms with Crippen molar-refractivity contribution in [3.05, 3.63) is 30.1 Å². The standard InChI is InChI=1S/C10H15N3O2/c1-3-4-5-11-7-8-6-9(10(14)15)12-13(8)2/h3,6,11H,1,4-5,7H2,2H3,(H,14,15). The van der Waals surface area contributed by atoms with Crippen LogP contribution >= 0.6 is 0 Å². The minimum atomic E-state index is -0.997. The molecule has 1 heterocycles. The Morgan fingerprint density at radius 2 is 2.53 bits per heavy atom. The van der Waals surface area contributed by atoms with Gasteiger partial charge in [0, 0.05) is 13.6 Å². The number of aromatic carboxylic acids is 1. The molecule has 0 aliphatic heterocycles. The van der Waals surface area contributed by atoms with E-state index >= 15 is 0 Å². The molecule has 0 aromatic carbocycles. The van der Waals surface area contributed by atoms with E-state index in [1.165, 1.54) is 0 Å². The maximum Gasteiger partial charge on any atom is 0.356 e. The lowest BCUT2D eigenvalue weighted by Crippen LogP contribution is -2.16. The van der Waals surface area contributed by atoms with Crippen LogP contribution < -0.4 is 5.32 Å². The molecule has 0 unspecified atom stereocenters. The van der Waals surface area contributed by atoms with Gasteiger partial charge in [-0.1, -0.05) is 6.08 Å². The monoisotopic (exact) mass is 209 g/mol. The Kier molecular flexibility index (Phi) is 4.05. The molecular weight excluding hydrogens is 194 g/mol. The molecule has 0 bridgehead atoms. The van der Waals surface area contributed by atoms with Gasteiger partial charge in [-0.3, -0.25) is 4.68 Å². The smallest absolute Gasteiger partial charge is 0.356 e. The van der Waals surface area contributed by atoms with Crippen LogP contribution in [0.15, 0.2) is 18.7 Å². The van der Waals surface area contributed by atoms with Gasteiger partial charge < -0.3 is 10.4 Å². The highest BCUT2D eigenvalue weighted by Crippen LogP contribution is 2.02. The number of aryl methyl sites for hydroxylation is 1.